The molecule has 3 aromatic heterocycles. The average molecular weight is 445 g/mol. The summed E-state index contributed by atoms with van der Waals surface area (Å²) in [6.45, 7) is 6.07. The highest BCUT2D eigenvalue weighted by atomic mass is 19.1. The lowest BCUT2D eigenvalue weighted by Crippen LogP contribution is -2.43. The van der Waals surface area contributed by atoms with Crippen molar-refractivity contribution in [3.05, 3.63) is 67.0 Å². The molecule has 0 bridgehead atoms. The van der Waals surface area contributed by atoms with Crippen molar-refractivity contribution in [2.24, 2.45) is 0 Å². The molecule has 0 unspecified atom stereocenters. The van der Waals surface area contributed by atoms with Crippen molar-refractivity contribution < 1.29 is 4.39 Å². The number of aromatic nitrogens is 5. The van der Waals surface area contributed by atoms with Gasteiger partial charge >= 0.3 is 0 Å². The topological polar surface area (TPSA) is 83.8 Å². The van der Waals surface area contributed by atoms with Gasteiger partial charge < -0.3 is 15.5 Å². The van der Waals surface area contributed by atoms with Crippen LogP contribution < -0.4 is 15.5 Å². The molecular formula is C24H25FN8. The molecule has 1 fully saturated rings. The van der Waals surface area contributed by atoms with Gasteiger partial charge in [-0.3, -0.25) is 9.67 Å². The maximum absolute atomic E-state index is 14.8. The van der Waals surface area contributed by atoms with Crippen molar-refractivity contribution in [2.45, 2.75) is 13.5 Å². The maximum Gasteiger partial charge on any atom is 0.227 e. The molecular weight excluding hydrogens is 419 g/mol. The highest BCUT2D eigenvalue weighted by molar-refractivity contribution is 5.78. The molecule has 4 heterocycles. The number of aryl methyl sites for hydroxylation is 1. The zero-order valence-electron chi connectivity index (χ0n) is 18.4. The van der Waals surface area contributed by atoms with Crippen LogP contribution in [0.4, 0.5) is 21.7 Å². The van der Waals surface area contributed by atoms with Gasteiger partial charge in [-0.15, -0.1) is 0 Å². The fourth-order valence-electron chi connectivity index (χ4n) is 3.93. The summed E-state index contributed by atoms with van der Waals surface area (Å²) in [7, 11) is 0. The Balaban J connectivity index is 1.42. The Hall–Kier alpha value is -3.85. The lowest BCUT2D eigenvalue weighted by atomic mass is 10.1. The SMILES string of the molecule is CCn1cc(-c2ccnc(Nc3ccc(N4CCNCC4)c(F)c3)n2)c(-c2cccnc2)n1. The van der Waals surface area contributed by atoms with E-state index in [9.17, 15) is 4.39 Å². The van der Waals surface area contributed by atoms with Crippen LogP contribution >= 0.6 is 0 Å². The van der Waals surface area contributed by atoms with E-state index in [1.165, 1.54) is 6.07 Å². The minimum absolute atomic E-state index is 0.263. The number of halogens is 1. The van der Waals surface area contributed by atoms with E-state index < -0.39 is 0 Å². The van der Waals surface area contributed by atoms with Gasteiger partial charge in [0.05, 0.1) is 11.4 Å². The van der Waals surface area contributed by atoms with Gasteiger partial charge in [0.2, 0.25) is 5.95 Å². The van der Waals surface area contributed by atoms with Gasteiger partial charge in [0, 0.05) is 74.3 Å². The Labute approximate surface area is 191 Å². The third kappa shape index (κ3) is 4.54. The first-order valence-corrected chi connectivity index (χ1v) is 11.0. The molecule has 1 saturated heterocycles. The van der Waals surface area contributed by atoms with Crippen LogP contribution in [-0.4, -0.2) is 50.9 Å². The number of benzene rings is 1. The smallest absolute Gasteiger partial charge is 0.227 e. The van der Waals surface area contributed by atoms with Crippen LogP contribution in [0.25, 0.3) is 22.5 Å². The van der Waals surface area contributed by atoms with E-state index in [1.807, 2.05) is 42.1 Å². The number of rotatable bonds is 6. The molecule has 8 nitrogen and oxygen atoms in total. The average Bonchev–Trinajstić information content (AvgIpc) is 3.30. The number of anilines is 3. The van der Waals surface area contributed by atoms with E-state index in [1.54, 1.807) is 24.7 Å². The summed E-state index contributed by atoms with van der Waals surface area (Å²) in [6, 6.07) is 10.8. The Kier molecular flexibility index (Phi) is 5.95. The van der Waals surface area contributed by atoms with Crippen LogP contribution in [0.15, 0.2) is 61.2 Å². The molecule has 0 amide bonds. The van der Waals surface area contributed by atoms with Crippen molar-refractivity contribution >= 4 is 17.3 Å². The van der Waals surface area contributed by atoms with E-state index in [0.717, 1.165) is 55.2 Å². The normalized spacial score (nSPS) is 13.8. The fourth-order valence-corrected chi connectivity index (χ4v) is 3.93. The molecule has 33 heavy (non-hydrogen) atoms. The molecule has 0 radical (unpaired) electrons. The summed E-state index contributed by atoms with van der Waals surface area (Å²) in [5.41, 5.74) is 4.55. The van der Waals surface area contributed by atoms with Gasteiger partial charge in [-0.25, -0.2) is 14.4 Å². The number of hydrogen-bond donors (Lipinski definition) is 2. The Morgan fingerprint density at radius 2 is 2.00 bits per heavy atom. The van der Waals surface area contributed by atoms with E-state index >= 15 is 0 Å². The predicted octanol–water partition coefficient (Wildman–Crippen LogP) is 3.71. The van der Waals surface area contributed by atoms with Gasteiger partial charge in [0.25, 0.3) is 0 Å². The largest absolute Gasteiger partial charge is 0.367 e. The summed E-state index contributed by atoms with van der Waals surface area (Å²) in [5.74, 6) is 0.129. The summed E-state index contributed by atoms with van der Waals surface area (Å²) < 4.78 is 16.7. The minimum Gasteiger partial charge on any atom is -0.367 e. The van der Waals surface area contributed by atoms with Crippen LogP contribution in [0, 0.1) is 5.82 Å². The predicted molar refractivity (Wildman–Crippen MR) is 127 cm³/mol. The first-order valence-electron chi connectivity index (χ1n) is 11.0. The second kappa shape index (κ2) is 9.33. The first-order chi connectivity index (χ1) is 16.2. The van der Waals surface area contributed by atoms with Crippen molar-refractivity contribution in [1.82, 2.24) is 30.0 Å². The quantitative estimate of drug-likeness (QED) is 0.469. The van der Waals surface area contributed by atoms with E-state index in [-0.39, 0.29) is 5.82 Å². The van der Waals surface area contributed by atoms with E-state index in [0.29, 0.717) is 17.3 Å². The van der Waals surface area contributed by atoms with E-state index in [4.69, 9.17) is 5.10 Å². The Morgan fingerprint density at radius 3 is 2.76 bits per heavy atom. The Morgan fingerprint density at radius 1 is 1.12 bits per heavy atom. The van der Waals surface area contributed by atoms with Crippen molar-refractivity contribution in [2.75, 3.05) is 36.4 Å². The van der Waals surface area contributed by atoms with E-state index in [2.05, 4.69) is 30.5 Å². The van der Waals surface area contributed by atoms with Crippen molar-refractivity contribution in [3.63, 3.8) is 0 Å². The first kappa shape index (κ1) is 21.0. The number of hydrogen-bond acceptors (Lipinski definition) is 7. The molecule has 168 valence electrons. The number of pyridine rings is 1. The summed E-state index contributed by atoms with van der Waals surface area (Å²) >= 11 is 0. The van der Waals surface area contributed by atoms with Crippen LogP contribution in [0.2, 0.25) is 0 Å². The zero-order valence-corrected chi connectivity index (χ0v) is 18.4. The molecule has 0 saturated carbocycles. The van der Waals surface area contributed by atoms with Gasteiger partial charge in [-0.2, -0.15) is 5.10 Å². The number of nitrogens with zero attached hydrogens (tertiary/aromatic N) is 6. The molecule has 0 spiro atoms. The molecule has 1 aliphatic rings. The highest BCUT2D eigenvalue weighted by Crippen LogP contribution is 2.30. The van der Waals surface area contributed by atoms with Crippen LogP contribution in [0.5, 0.6) is 0 Å². The molecule has 1 aliphatic heterocycles. The van der Waals surface area contributed by atoms with Crippen molar-refractivity contribution in [3.8, 4) is 22.5 Å². The van der Waals surface area contributed by atoms with Crippen LogP contribution in [0.1, 0.15) is 6.92 Å². The van der Waals surface area contributed by atoms with Gasteiger partial charge in [-0.1, -0.05) is 0 Å². The van der Waals surface area contributed by atoms with Crippen LogP contribution in [0.3, 0.4) is 0 Å². The van der Waals surface area contributed by atoms with Gasteiger partial charge in [-0.05, 0) is 43.3 Å². The molecule has 0 aliphatic carbocycles. The monoisotopic (exact) mass is 444 g/mol. The van der Waals surface area contributed by atoms with Gasteiger partial charge in [0.15, 0.2) is 0 Å². The zero-order chi connectivity index (χ0) is 22.6. The molecule has 9 heteroatoms. The van der Waals surface area contributed by atoms with Crippen LogP contribution in [-0.2, 0) is 6.54 Å². The standard InChI is InChI=1S/C24H25FN8/c1-2-33-16-19(23(31-33)17-4-3-8-27-15-17)21-7-9-28-24(30-21)29-18-5-6-22(20(25)14-18)32-12-10-26-11-13-32/h3-9,14-16,26H,2,10-13H2,1H3,(H,28,29,30). The lowest BCUT2D eigenvalue weighted by molar-refractivity contribution is 0.566. The third-order valence-electron chi connectivity index (χ3n) is 5.61. The maximum atomic E-state index is 14.8. The number of nitrogens with one attached hydrogen (secondary N) is 2. The molecule has 4 aromatic rings. The van der Waals surface area contributed by atoms with Gasteiger partial charge in [0.1, 0.15) is 11.5 Å². The summed E-state index contributed by atoms with van der Waals surface area (Å²) in [5, 5.41) is 11.1. The summed E-state index contributed by atoms with van der Waals surface area (Å²) in [6.07, 6.45) is 7.18. The summed E-state index contributed by atoms with van der Waals surface area (Å²) in [4.78, 5) is 15.3. The second-order valence-corrected chi connectivity index (χ2v) is 7.78. The third-order valence-corrected chi connectivity index (χ3v) is 5.61. The number of piperazine rings is 1. The lowest BCUT2D eigenvalue weighted by Gasteiger charge is -2.29. The minimum atomic E-state index is -0.263. The Bertz CT molecular complexity index is 1230. The molecule has 2 N–H and O–H groups in total. The highest BCUT2D eigenvalue weighted by Gasteiger charge is 2.17. The molecule has 0 atom stereocenters. The molecule has 1 aromatic carbocycles. The second-order valence-electron chi connectivity index (χ2n) is 7.78. The molecule has 5 rings (SSSR count). The fraction of sp³-hybridized carbons (Fsp3) is 0.250. The van der Waals surface area contributed by atoms with Crippen molar-refractivity contribution in [1.29, 1.82) is 0 Å².